The normalized spacial score (nSPS) is 18.3. The maximum atomic E-state index is 12.0. The third-order valence-electron chi connectivity index (χ3n) is 4.34. The van der Waals surface area contributed by atoms with Gasteiger partial charge in [0.1, 0.15) is 12.0 Å². The second-order valence-corrected chi connectivity index (χ2v) is 7.50. The van der Waals surface area contributed by atoms with E-state index < -0.39 is 4.92 Å². The van der Waals surface area contributed by atoms with E-state index in [4.69, 9.17) is 0 Å². The Hall–Kier alpha value is -2.18. The number of nitrogens with zero attached hydrogens (tertiary/aromatic N) is 3. The van der Waals surface area contributed by atoms with Crippen LogP contribution in [-0.4, -0.2) is 35.4 Å². The van der Waals surface area contributed by atoms with Gasteiger partial charge in [-0.2, -0.15) is 0 Å². The van der Waals surface area contributed by atoms with E-state index in [1.807, 2.05) is 20.8 Å². The molecule has 0 aliphatic carbocycles. The van der Waals surface area contributed by atoms with Gasteiger partial charge in [-0.15, -0.1) is 0 Å². The highest BCUT2D eigenvalue weighted by molar-refractivity contribution is 5.81. The van der Waals surface area contributed by atoms with Crippen molar-refractivity contribution in [2.45, 2.75) is 40.5 Å². The Morgan fingerprint density at radius 1 is 1.50 bits per heavy atom. The molecule has 1 fully saturated rings. The summed E-state index contributed by atoms with van der Waals surface area (Å²) in [5, 5.41) is 13.9. The van der Waals surface area contributed by atoms with Crippen molar-refractivity contribution in [3.8, 4) is 0 Å². The first kappa shape index (κ1) is 18.2. The Morgan fingerprint density at radius 3 is 2.79 bits per heavy atom. The zero-order valence-electron chi connectivity index (χ0n) is 14.8. The third kappa shape index (κ3) is 4.43. The van der Waals surface area contributed by atoms with Crippen LogP contribution in [0, 0.1) is 28.4 Å². The van der Waals surface area contributed by atoms with Crippen molar-refractivity contribution in [3.63, 3.8) is 0 Å². The Balaban J connectivity index is 1.99. The van der Waals surface area contributed by atoms with Crippen molar-refractivity contribution in [1.29, 1.82) is 0 Å². The van der Waals surface area contributed by atoms with Crippen molar-refractivity contribution < 1.29 is 9.72 Å². The number of amides is 1. The number of aromatic nitrogens is 1. The van der Waals surface area contributed by atoms with Crippen LogP contribution in [0.1, 0.15) is 39.2 Å². The summed E-state index contributed by atoms with van der Waals surface area (Å²) in [6.07, 6.45) is 3.41. The molecule has 1 amide bonds. The summed E-state index contributed by atoms with van der Waals surface area (Å²) < 4.78 is 0. The van der Waals surface area contributed by atoms with Crippen LogP contribution in [0.5, 0.6) is 0 Å². The summed E-state index contributed by atoms with van der Waals surface area (Å²) in [5.74, 6) is 1.19. The van der Waals surface area contributed by atoms with Crippen LogP contribution in [0.15, 0.2) is 12.3 Å². The molecule has 1 unspecified atom stereocenters. The largest absolute Gasteiger partial charge is 0.356 e. The summed E-state index contributed by atoms with van der Waals surface area (Å²) in [6.45, 7) is 9.77. The molecule has 7 nitrogen and oxygen atoms in total. The highest BCUT2D eigenvalue weighted by Gasteiger charge is 2.25. The van der Waals surface area contributed by atoms with E-state index in [0.29, 0.717) is 18.0 Å². The van der Waals surface area contributed by atoms with E-state index in [0.717, 1.165) is 31.7 Å². The molecule has 0 aromatic carbocycles. The minimum absolute atomic E-state index is 0.0461. The minimum atomic E-state index is -0.410. The van der Waals surface area contributed by atoms with Crippen molar-refractivity contribution in [1.82, 2.24) is 10.3 Å². The van der Waals surface area contributed by atoms with E-state index in [2.05, 4.69) is 15.2 Å². The molecule has 1 aliphatic heterocycles. The second-order valence-electron chi connectivity index (χ2n) is 7.50. The number of carbonyl (C=O) groups excluding carboxylic acids is 1. The van der Waals surface area contributed by atoms with E-state index >= 15 is 0 Å². The smallest absolute Gasteiger partial charge is 0.290 e. The highest BCUT2D eigenvalue weighted by atomic mass is 16.6. The fourth-order valence-electron chi connectivity index (χ4n) is 2.84. The molecule has 1 atom stereocenters. The van der Waals surface area contributed by atoms with Gasteiger partial charge in [-0.25, -0.2) is 4.98 Å². The van der Waals surface area contributed by atoms with Gasteiger partial charge in [0.05, 0.1) is 4.92 Å². The van der Waals surface area contributed by atoms with Gasteiger partial charge >= 0.3 is 0 Å². The van der Waals surface area contributed by atoms with Crippen LogP contribution in [0.25, 0.3) is 0 Å². The summed E-state index contributed by atoms with van der Waals surface area (Å²) in [6, 6.07) is 1.77. The predicted molar refractivity (Wildman–Crippen MR) is 93.0 cm³/mol. The van der Waals surface area contributed by atoms with Gasteiger partial charge in [0.15, 0.2) is 0 Å². The van der Waals surface area contributed by atoms with E-state index in [-0.39, 0.29) is 17.0 Å². The molecule has 0 spiro atoms. The van der Waals surface area contributed by atoms with Gasteiger partial charge in [-0.05, 0) is 31.7 Å². The summed E-state index contributed by atoms with van der Waals surface area (Å²) in [7, 11) is 0. The molecule has 0 bridgehead atoms. The van der Waals surface area contributed by atoms with Gasteiger partial charge in [0.25, 0.3) is 5.69 Å². The zero-order chi connectivity index (χ0) is 17.9. The van der Waals surface area contributed by atoms with Crippen molar-refractivity contribution in [2.24, 2.45) is 11.3 Å². The topological polar surface area (TPSA) is 88.4 Å². The second kappa shape index (κ2) is 7.15. The van der Waals surface area contributed by atoms with Crippen LogP contribution in [0.2, 0.25) is 0 Å². The van der Waals surface area contributed by atoms with Gasteiger partial charge < -0.3 is 10.2 Å². The van der Waals surface area contributed by atoms with Crippen molar-refractivity contribution in [2.75, 3.05) is 24.5 Å². The molecule has 2 heterocycles. The average Bonchev–Trinajstić information content (AvgIpc) is 2.51. The monoisotopic (exact) mass is 334 g/mol. The Kier molecular flexibility index (Phi) is 5.41. The quantitative estimate of drug-likeness (QED) is 0.675. The third-order valence-corrected chi connectivity index (χ3v) is 4.34. The molecular formula is C17H26N4O3. The first-order chi connectivity index (χ1) is 11.2. The molecule has 0 radical (unpaired) electrons. The fraction of sp³-hybridized carbons (Fsp3) is 0.647. The molecule has 1 aliphatic rings. The first-order valence-electron chi connectivity index (χ1n) is 8.33. The molecule has 1 aromatic heterocycles. The predicted octanol–water partition coefficient (Wildman–Crippen LogP) is 2.68. The van der Waals surface area contributed by atoms with E-state index in [1.54, 1.807) is 13.0 Å². The number of aryl methyl sites for hydroxylation is 1. The van der Waals surface area contributed by atoms with Crippen LogP contribution in [0.4, 0.5) is 11.5 Å². The van der Waals surface area contributed by atoms with E-state index in [1.165, 1.54) is 6.20 Å². The maximum absolute atomic E-state index is 12.0. The molecule has 2 rings (SSSR count). The highest BCUT2D eigenvalue weighted by Crippen LogP contribution is 2.25. The summed E-state index contributed by atoms with van der Waals surface area (Å²) in [5.41, 5.74) is 0.281. The number of nitro groups is 1. The number of piperidine rings is 1. The molecule has 0 saturated carbocycles. The number of carbonyl (C=O) groups is 1. The number of anilines is 1. The van der Waals surface area contributed by atoms with Crippen molar-refractivity contribution in [3.05, 3.63) is 27.9 Å². The first-order valence-corrected chi connectivity index (χ1v) is 8.33. The molecule has 1 aromatic rings. The van der Waals surface area contributed by atoms with Gasteiger partial charge in [0.2, 0.25) is 5.91 Å². The summed E-state index contributed by atoms with van der Waals surface area (Å²) >= 11 is 0. The molecule has 132 valence electrons. The Bertz CT molecular complexity index is 625. The molecule has 1 saturated heterocycles. The lowest BCUT2D eigenvalue weighted by atomic mass is 9.94. The number of nitrogens with one attached hydrogen (secondary N) is 1. The number of hydrogen-bond donors (Lipinski definition) is 1. The number of hydrogen-bond acceptors (Lipinski definition) is 5. The SMILES string of the molecule is Cc1cc(N2CCCC(CNC(=O)C(C)(C)C)C2)ncc1[N+](=O)[O-]. The minimum Gasteiger partial charge on any atom is -0.356 e. The Morgan fingerprint density at radius 2 is 2.21 bits per heavy atom. The standard InChI is InChI=1S/C17H26N4O3/c1-12-8-15(18-10-14(12)21(23)24)20-7-5-6-13(11-20)9-19-16(22)17(2,3)4/h8,10,13H,5-7,9,11H2,1-4H3,(H,19,22). The Labute approximate surface area is 142 Å². The van der Waals surface area contributed by atoms with Crippen molar-refractivity contribution >= 4 is 17.4 Å². The van der Waals surface area contributed by atoms with E-state index in [9.17, 15) is 14.9 Å². The molecule has 24 heavy (non-hydrogen) atoms. The van der Waals surface area contributed by atoms with Crippen LogP contribution in [-0.2, 0) is 4.79 Å². The summed E-state index contributed by atoms with van der Waals surface area (Å²) in [4.78, 5) is 28.9. The van der Waals surface area contributed by atoms with Gasteiger partial charge in [-0.3, -0.25) is 14.9 Å². The molecule has 1 N–H and O–H groups in total. The lowest BCUT2D eigenvalue weighted by Gasteiger charge is -2.34. The number of pyridine rings is 1. The lowest BCUT2D eigenvalue weighted by molar-refractivity contribution is -0.385. The maximum Gasteiger partial charge on any atom is 0.290 e. The average molecular weight is 334 g/mol. The lowest BCUT2D eigenvalue weighted by Crippen LogP contribution is -2.43. The molecule has 7 heteroatoms. The fourth-order valence-corrected chi connectivity index (χ4v) is 2.84. The van der Waals surface area contributed by atoms with Crippen LogP contribution < -0.4 is 10.2 Å². The number of rotatable bonds is 4. The van der Waals surface area contributed by atoms with Gasteiger partial charge in [0, 0.05) is 30.6 Å². The van der Waals surface area contributed by atoms with Crippen LogP contribution in [0.3, 0.4) is 0 Å². The zero-order valence-corrected chi connectivity index (χ0v) is 14.8. The molecular weight excluding hydrogens is 308 g/mol. The van der Waals surface area contributed by atoms with Crippen LogP contribution >= 0.6 is 0 Å². The van der Waals surface area contributed by atoms with Gasteiger partial charge in [-0.1, -0.05) is 20.8 Å².